The quantitative estimate of drug-likeness (QED) is 0.403. The molecule has 0 saturated carbocycles. The Hall–Kier alpha value is -2.39. The lowest BCUT2D eigenvalue weighted by atomic mass is 10.2. The largest absolute Gasteiger partial charge is 0.340 e. The summed E-state index contributed by atoms with van der Waals surface area (Å²) >= 11 is 3.43. The van der Waals surface area contributed by atoms with Crippen molar-refractivity contribution in [2.75, 3.05) is 12.4 Å². The fourth-order valence-electron chi connectivity index (χ4n) is 2.17. The number of halogens is 1. The molecule has 0 bridgehead atoms. The zero-order chi connectivity index (χ0) is 18.1. The molecule has 0 aromatic heterocycles. The Morgan fingerprint density at radius 2 is 1.32 bits per heavy atom. The molecule has 3 rings (SSSR count). The van der Waals surface area contributed by atoms with Crippen LogP contribution in [0.25, 0.3) is 0 Å². The highest BCUT2D eigenvalue weighted by atomic mass is 79.9. The first kappa shape index (κ1) is 18.9. The van der Waals surface area contributed by atoms with Crippen LogP contribution in [0.2, 0.25) is 0 Å². The molecule has 3 aromatic rings. The van der Waals surface area contributed by atoms with Gasteiger partial charge in [-0.25, -0.2) is 0 Å². The van der Waals surface area contributed by atoms with Crippen molar-refractivity contribution in [3.63, 3.8) is 0 Å². The van der Waals surface area contributed by atoms with E-state index in [2.05, 4.69) is 76.5 Å². The fraction of sp³-hybridized carbons (Fsp3) is 0.136. The van der Waals surface area contributed by atoms with Crippen molar-refractivity contribution in [2.45, 2.75) is 13.8 Å². The van der Waals surface area contributed by atoms with E-state index in [-0.39, 0.29) is 0 Å². The Morgan fingerprint density at radius 1 is 0.760 bits per heavy atom. The minimum absolute atomic E-state index is 0.867. The molecule has 0 heterocycles. The number of amidine groups is 1. The average Bonchev–Trinajstić information content (AvgIpc) is 2.63. The van der Waals surface area contributed by atoms with Gasteiger partial charge in [0.05, 0.1) is 0 Å². The van der Waals surface area contributed by atoms with E-state index in [1.54, 1.807) is 7.05 Å². The molecule has 2 nitrogen and oxygen atoms in total. The summed E-state index contributed by atoms with van der Waals surface area (Å²) in [5.41, 5.74) is 4.69. The number of anilines is 1. The summed E-state index contributed by atoms with van der Waals surface area (Å²) in [6.07, 6.45) is 0. The maximum Gasteiger partial charge on any atom is 0.132 e. The van der Waals surface area contributed by atoms with E-state index in [0.29, 0.717) is 0 Å². The highest BCUT2D eigenvalue weighted by molar-refractivity contribution is 9.10. The second-order valence-corrected chi connectivity index (χ2v) is 6.64. The first-order chi connectivity index (χ1) is 12.1. The van der Waals surface area contributed by atoms with Gasteiger partial charge in [-0.2, -0.15) is 0 Å². The van der Waals surface area contributed by atoms with Gasteiger partial charge in [-0.3, -0.25) is 4.99 Å². The van der Waals surface area contributed by atoms with Crippen molar-refractivity contribution in [2.24, 2.45) is 4.99 Å². The first-order valence-corrected chi connectivity index (χ1v) is 8.96. The fourth-order valence-corrected chi connectivity index (χ4v) is 2.44. The lowest BCUT2D eigenvalue weighted by Crippen LogP contribution is -2.13. The van der Waals surface area contributed by atoms with Crippen molar-refractivity contribution in [3.8, 4) is 0 Å². The Balaban J connectivity index is 0.000000269. The molecule has 0 spiro atoms. The van der Waals surface area contributed by atoms with Crippen LogP contribution in [-0.2, 0) is 0 Å². The molecule has 3 aromatic carbocycles. The molecular weight excluding hydrogens is 372 g/mol. The molecule has 1 N–H and O–H groups in total. The number of rotatable bonds is 2. The molecule has 0 saturated heterocycles. The van der Waals surface area contributed by atoms with Crippen molar-refractivity contribution in [3.05, 3.63) is 100 Å². The zero-order valence-corrected chi connectivity index (χ0v) is 16.4. The van der Waals surface area contributed by atoms with Crippen LogP contribution in [0.4, 0.5) is 5.69 Å². The summed E-state index contributed by atoms with van der Waals surface area (Å²) in [5, 5.41) is 3.33. The zero-order valence-electron chi connectivity index (χ0n) is 14.8. The Kier molecular flexibility index (Phi) is 7.42. The van der Waals surface area contributed by atoms with Gasteiger partial charge in [0.15, 0.2) is 0 Å². The molecule has 128 valence electrons. The Bertz CT molecular complexity index is 792. The van der Waals surface area contributed by atoms with E-state index < -0.39 is 0 Å². The highest BCUT2D eigenvalue weighted by Crippen LogP contribution is 2.14. The second-order valence-electron chi connectivity index (χ2n) is 5.72. The molecule has 0 fully saturated rings. The Labute approximate surface area is 158 Å². The van der Waals surface area contributed by atoms with E-state index in [4.69, 9.17) is 0 Å². The monoisotopic (exact) mass is 394 g/mol. The smallest absolute Gasteiger partial charge is 0.132 e. The summed E-state index contributed by atoms with van der Waals surface area (Å²) in [7, 11) is 1.79. The van der Waals surface area contributed by atoms with Gasteiger partial charge in [0.25, 0.3) is 0 Å². The van der Waals surface area contributed by atoms with Gasteiger partial charge in [-0.15, -0.1) is 0 Å². The second kappa shape index (κ2) is 9.80. The highest BCUT2D eigenvalue weighted by Gasteiger charge is 2.02. The number of hydrogen-bond acceptors (Lipinski definition) is 1. The standard InChI is InChI=1S/C15H15BrN2.C7H8/c1-11-3-9-14(10-4-11)18-15(17-2)12-5-7-13(16)8-6-12;1-7-5-3-2-4-6-7/h3-10H,1-2H3,(H,17,18);2-6H,1H3. The van der Waals surface area contributed by atoms with Crippen LogP contribution < -0.4 is 5.32 Å². The van der Waals surface area contributed by atoms with E-state index in [1.807, 2.05) is 42.5 Å². The summed E-state index contributed by atoms with van der Waals surface area (Å²) in [6, 6.07) is 26.6. The number of nitrogens with zero attached hydrogens (tertiary/aromatic N) is 1. The van der Waals surface area contributed by atoms with E-state index in [1.165, 1.54) is 11.1 Å². The molecule has 3 heteroatoms. The van der Waals surface area contributed by atoms with Crippen molar-refractivity contribution >= 4 is 27.5 Å². The van der Waals surface area contributed by atoms with Crippen molar-refractivity contribution in [1.29, 1.82) is 0 Å². The summed E-state index contributed by atoms with van der Waals surface area (Å²) < 4.78 is 1.07. The normalized spacial score (nSPS) is 10.6. The van der Waals surface area contributed by atoms with Gasteiger partial charge in [-0.05, 0) is 38.1 Å². The molecule has 0 unspecified atom stereocenters. The van der Waals surface area contributed by atoms with E-state index in [0.717, 1.165) is 21.6 Å². The van der Waals surface area contributed by atoms with Crippen molar-refractivity contribution < 1.29 is 0 Å². The van der Waals surface area contributed by atoms with Crippen LogP contribution in [0.1, 0.15) is 16.7 Å². The SMILES string of the molecule is CN=C(Nc1ccc(C)cc1)c1ccc(Br)cc1.Cc1ccccc1. The molecule has 0 atom stereocenters. The van der Waals surface area contributed by atoms with Gasteiger partial charge in [0, 0.05) is 22.8 Å². The van der Waals surface area contributed by atoms with E-state index in [9.17, 15) is 0 Å². The maximum absolute atomic E-state index is 4.30. The van der Waals surface area contributed by atoms with E-state index >= 15 is 0 Å². The van der Waals surface area contributed by atoms with Crippen LogP contribution in [0.5, 0.6) is 0 Å². The number of aryl methyl sites for hydroxylation is 2. The van der Waals surface area contributed by atoms with Crippen LogP contribution in [0.15, 0.2) is 88.3 Å². The van der Waals surface area contributed by atoms with Crippen molar-refractivity contribution in [1.82, 2.24) is 0 Å². The third-order valence-electron chi connectivity index (χ3n) is 3.60. The van der Waals surface area contributed by atoms with Crippen LogP contribution in [-0.4, -0.2) is 12.9 Å². The summed E-state index contributed by atoms with van der Waals surface area (Å²) in [4.78, 5) is 4.30. The molecule has 0 aliphatic rings. The molecule has 0 aliphatic heterocycles. The third-order valence-corrected chi connectivity index (χ3v) is 4.12. The number of hydrogen-bond donors (Lipinski definition) is 1. The molecule has 25 heavy (non-hydrogen) atoms. The molecule has 0 amide bonds. The maximum atomic E-state index is 4.30. The minimum atomic E-state index is 0.867. The lowest BCUT2D eigenvalue weighted by molar-refractivity contribution is 1.40. The number of aliphatic imine (C=N–C) groups is 1. The lowest BCUT2D eigenvalue weighted by Gasteiger charge is -2.10. The summed E-state index contributed by atoms with van der Waals surface area (Å²) in [6.45, 7) is 4.16. The Morgan fingerprint density at radius 3 is 1.80 bits per heavy atom. The number of nitrogens with one attached hydrogen (secondary N) is 1. The molecular formula is C22H23BrN2. The average molecular weight is 395 g/mol. The third kappa shape index (κ3) is 6.55. The first-order valence-electron chi connectivity index (χ1n) is 8.16. The van der Waals surface area contributed by atoms with Crippen LogP contribution in [0.3, 0.4) is 0 Å². The molecule has 0 aliphatic carbocycles. The van der Waals surface area contributed by atoms with Crippen LogP contribution >= 0.6 is 15.9 Å². The summed E-state index contributed by atoms with van der Waals surface area (Å²) in [5.74, 6) is 0.867. The number of benzene rings is 3. The van der Waals surface area contributed by atoms with Gasteiger partial charge in [-0.1, -0.05) is 81.7 Å². The topological polar surface area (TPSA) is 24.4 Å². The predicted octanol–water partition coefficient (Wildman–Crippen LogP) is 6.24. The van der Waals surface area contributed by atoms with Crippen LogP contribution in [0, 0.1) is 13.8 Å². The minimum Gasteiger partial charge on any atom is -0.340 e. The van der Waals surface area contributed by atoms with Gasteiger partial charge in [0.2, 0.25) is 0 Å². The van der Waals surface area contributed by atoms with Gasteiger partial charge in [0.1, 0.15) is 5.84 Å². The van der Waals surface area contributed by atoms with Gasteiger partial charge >= 0.3 is 0 Å². The van der Waals surface area contributed by atoms with Gasteiger partial charge < -0.3 is 5.32 Å². The predicted molar refractivity (Wildman–Crippen MR) is 113 cm³/mol. The molecule has 0 radical (unpaired) electrons.